The smallest absolute Gasteiger partial charge is 0.193 e. The average Bonchev–Trinajstić information content (AvgIpc) is 3.11. The highest BCUT2D eigenvalue weighted by Gasteiger charge is 2.21. The molecule has 1 saturated heterocycles. The molecule has 0 saturated carbocycles. The molecule has 1 aromatic heterocycles. The Morgan fingerprint density at radius 2 is 2.00 bits per heavy atom. The zero-order valence-corrected chi connectivity index (χ0v) is 18.2. The molecule has 1 aromatic carbocycles. The van der Waals surface area contributed by atoms with Crippen molar-refractivity contribution in [2.75, 3.05) is 51.8 Å². The van der Waals surface area contributed by atoms with Gasteiger partial charge in [0, 0.05) is 51.1 Å². The Bertz CT molecular complexity index is 796. The van der Waals surface area contributed by atoms with Gasteiger partial charge < -0.3 is 19.9 Å². The SMILES string of the molecule is CCc1nc(CCNC(=NC)N2CCN(c3ccccc3OC)CC2)sc1C. The second-order valence-corrected chi connectivity index (χ2v) is 8.12. The van der Waals surface area contributed by atoms with Crippen molar-refractivity contribution in [1.82, 2.24) is 15.2 Å². The molecular weight excluding hydrogens is 370 g/mol. The summed E-state index contributed by atoms with van der Waals surface area (Å²) in [4.78, 5) is 15.3. The van der Waals surface area contributed by atoms with Crippen LogP contribution in [0.4, 0.5) is 5.69 Å². The highest BCUT2D eigenvalue weighted by atomic mass is 32.1. The fraction of sp³-hybridized carbons (Fsp3) is 0.524. The third-order valence-electron chi connectivity index (χ3n) is 5.11. The summed E-state index contributed by atoms with van der Waals surface area (Å²) in [5.74, 6) is 1.91. The molecule has 0 atom stereocenters. The zero-order valence-electron chi connectivity index (χ0n) is 17.4. The molecule has 0 unspecified atom stereocenters. The number of guanidine groups is 1. The summed E-state index contributed by atoms with van der Waals surface area (Å²) < 4.78 is 5.51. The van der Waals surface area contributed by atoms with Crippen molar-refractivity contribution in [3.63, 3.8) is 0 Å². The third-order valence-corrected chi connectivity index (χ3v) is 6.18. The number of rotatable bonds is 6. The number of anilines is 1. The summed E-state index contributed by atoms with van der Waals surface area (Å²) in [5.41, 5.74) is 2.40. The number of aromatic nitrogens is 1. The maximum absolute atomic E-state index is 5.51. The molecule has 28 heavy (non-hydrogen) atoms. The molecule has 2 aromatic rings. The summed E-state index contributed by atoms with van der Waals surface area (Å²) in [7, 11) is 3.59. The lowest BCUT2D eigenvalue weighted by molar-refractivity contribution is 0.367. The lowest BCUT2D eigenvalue weighted by Crippen LogP contribution is -2.52. The first-order chi connectivity index (χ1) is 13.7. The van der Waals surface area contributed by atoms with Crippen LogP contribution in [0.15, 0.2) is 29.3 Å². The van der Waals surface area contributed by atoms with Gasteiger partial charge in [0.2, 0.25) is 0 Å². The van der Waals surface area contributed by atoms with Crippen LogP contribution in [0, 0.1) is 6.92 Å². The van der Waals surface area contributed by atoms with Crippen LogP contribution in [-0.2, 0) is 12.8 Å². The molecule has 2 heterocycles. The molecule has 3 rings (SSSR count). The van der Waals surface area contributed by atoms with Crippen LogP contribution in [0.1, 0.15) is 22.5 Å². The summed E-state index contributed by atoms with van der Waals surface area (Å²) in [6.07, 6.45) is 1.94. The number of piperazine rings is 1. The lowest BCUT2D eigenvalue weighted by atomic mass is 10.2. The van der Waals surface area contributed by atoms with Crippen LogP contribution in [0.2, 0.25) is 0 Å². The van der Waals surface area contributed by atoms with Crippen LogP contribution < -0.4 is 15.0 Å². The standard InChI is InChI=1S/C21H31N5OS/c1-5-17-16(2)28-20(24-17)10-11-23-21(22-3)26-14-12-25(13-15-26)18-8-6-7-9-19(18)27-4/h6-9H,5,10-15H2,1-4H3,(H,22,23). The van der Waals surface area contributed by atoms with E-state index in [-0.39, 0.29) is 0 Å². The molecule has 0 spiro atoms. The Hall–Kier alpha value is -2.28. The van der Waals surface area contributed by atoms with E-state index in [1.165, 1.54) is 21.3 Å². The predicted octanol–water partition coefficient (Wildman–Crippen LogP) is 2.96. The second kappa shape index (κ2) is 9.78. The number of ether oxygens (including phenoxy) is 1. The summed E-state index contributed by atoms with van der Waals surface area (Å²) in [6, 6.07) is 8.22. The van der Waals surface area contributed by atoms with Crippen LogP contribution >= 0.6 is 11.3 Å². The number of thiazole rings is 1. The number of nitrogens with one attached hydrogen (secondary N) is 1. The van der Waals surface area contributed by atoms with Gasteiger partial charge in [0.1, 0.15) is 5.75 Å². The van der Waals surface area contributed by atoms with E-state index >= 15 is 0 Å². The predicted molar refractivity (Wildman–Crippen MR) is 118 cm³/mol. The Morgan fingerprint density at radius 1 is 1.25 bits per heavy atom. The lowest BCUT2D eigenvalue weighted by Gasteiger charge is -2.38. The highest BCUT2D eigenvalue weighted by Crippen LogP contribution is 2.28. The largest absolute Gasteiger partial charge is 0.495 e. The van der Waals surface area contributed by atoms with Gasteiger partial charge in [-0.05, 0) is 25.5 Å². The van der Waals surface area contributed by atoms with E-state index in [1.807, 2.05) is 30.5 Å². The van der Waals surface area contributed by atoms with Gasteiger partial charge in [-0.3, -0.25) is 4.99 Å². The van der Waals surface area contributed by atoms with E-state index in [0.29, 0.717) is 0 Å². The average molecular weight is 402 g/mol. The van der Waals surface area contributed by atoms with Gasteiger partial charge >= 0.3 is 0 Å². The highest BCUT2D eigenvalue weighted by molar-refractivity contribution is 7.11. The fourth-order valence-corrected chi connectivity index (χ4v) is 4.61. The van der Waals surface area contributed by atoms with Crippen molar-refractivity contribution in [2.24, 2.45) is 4.99 Å². The van der Waals surface area contributed by atoms with Crippen molar-refractivity contribution in [3.8, 4) is 5.75 Å². The molecular formula is C21H31N5OS. The maximum atomic E-state index is 5.51. The number of aliphatic imine (C=N–C) groups is 1. The van der Waals surface area contributed by atoms with Gasteiger partial charge in [-0.2, -0.15) is 0 Å². The molecule has 0 amide bonds. The van der Waals surface area contributed by atoms with Gasteiger partial charge in [0.25, 0.3) is 0 Å². The minimum absolute atomic E-state index is 0.857. The molecule has 1 fully saturated rings. The topological polar surface area (TPSA) is 53.0 Å². The number of para-hydroxylation sites is 2. The zero-order chi connectivity index (χ0) is 19.9. The number of aryl methyl sites for hydroxylation is 2. The fourth-order valence-electron chi connectivity index (χ4n) is 3.59. The monoisotopic (exact) mass is 401 g/mol. The molecule has 0 aliphatic carbocycles. The summed E-state index contributed by atoms with van der Waals surface area (Å²) >= 11 is 1.81. The Balaban J connectivity index is 1.51. The first-order valence-electron chi connectivity index (χ1n) is 9.95. The van der Waals surface area contributed by atoms with Crippen LogP contribution in [-0.4, -0.2) is 62.7 Å². The van der Waals surface area contributed by atoms with Crippen molar-refractivity contribution in [2.45, 2.75) is 26.7 Å². The van der Waals surface area contributed by atoms with Crippen molar-refractivity contribution in [3.05, 3.63) is 39.8 Å². The first kappa shape index (κ1) is 20.5. The molecule has 0 radical (unpaired) electrons. The van der Waals surface area contributed by atoms with E-state index in [0.717, 1.165) is 57.3 Å². The minimum Gasteiger partial charge on any atom is -0.495 e. The quantitative estimate of drug-likeness (QED) is 0.596. The first-order valence-corrected chi connectivity index (χ1v) is 10.8. The molecule has 152 valence electrons. The van der Waals surface area contributed by atoms with E-state index in [2.05, 4.69) is 46.1 Å². The third kappa shape index (κ3) is 4.76. The van der Waals surface area contributed by atoms with E-state index in [4.69, 9.17) is 9.72 Å². The molecule has 1 N–H and O–H groups in total. The van der Waals surface area contributed by atoms with Gasteiger partial charge in [-0.1, -0.05) is 19.1 Å². The van der Waals surface area contributed by atoms with Crippen LogP contribution in [0.5, 0.6) is 5.75 Å². The van der Waals surface area contributed by atoms with Gasteiger partial charge in [0.15, 0.2) is 5.96 Å². The van der Waals surface area contributed by atoms with Crippen LogP contribution in [0.25, 0.3) is 0 Å². The number of hydrogen-bond acceptors (Lipinski definition) is 5. The molecule has 0 bridgehead atoms. The maximum Gasteiger partial charge on any atom is 0.193 e. The van der Waals surface area contributed by atoms with Crippen molar-refractivity contribution >= 4 is 23.0 Å². The van der Waals surface area contributed by atoms with Gasteiger partial charge in [-0.15, -0.1) is 11.3 Å². The van der Waals surface area contributed by atoms with Crippen LogP contribution in [0.3, 0.4) is 0 Å². The number of methoxy groups -OCH3 is 1. The van der Waals surface area contributed by atoms with Gasteiger partial charge in [-0.25, -0.2) is 4.98 Å². The molecule has 1 aliphatic heterocycles. The van der Waals surface area contributed by atoms with Crippen molar-refractivity contribution < 1.29 is 4.74 Å². The number of benzene rings is 1. The minimum atomic E-state index is 0.857. The normalized spacial score (nSPS) is 15.1. The Labute approximate surface area is 172 Å². The molecule has 6 nitrogen and oxygen atoms in total. The molecule has 1 aliphatic rings. The Morgan fingerprint density at radius 3 is 2.64 bits per heavy atom. The number of nitrogens with zero attached hydrogens (tertiary/aromatic N) is 4. The van der Waals surface area contributed by atoms with E-state index < -0.39 is 0 Å². The molecule has 7 heteroatoms. The van der Waals surface area contributed by atoms with E-state index in [1.54, 1.807) is 7.11 Å². The number of hydrogen-bond donors (Lipinski definition) is 1. The Kier molecular flexibility index (Phi) is 7.14. The van der Waals surface area contributed by atoms with Crippen molar-refractivity contribution in [1.29, 1.82) is 0 Å². The second-order valence-electron chi connectivity index (χ2n) is 6.83. The summed E-state index contributed by atoms with van der Waals surface area (Å²) in [6.45, 7) is 8.96. The van der Waals surface area contributed by atoms with E-state index in [9.17, 15) is 0 Å². The van der Waals surface area contributed by atoms with Gasteiger partial charge in [0.05, 0.1) is 23.5 Å². The summed E-state index contributed by atoms with van der Waals surface area (Å²) in [5, 5.41) is 4.72.